The number of benzene rings is 1. The van der Waals surface area contributed by atoms with Crippen molar-refractivity contribution in [1.82, 2.24) is 14.7 Å². The molecule has 0 spiro atoms. The second kappa shape index (κ2) is 7.33. The maximum Gasteiger partial charge on any atom is 0.307 e. The number of carbonyl (C=O) groups is 1. The Morgan fingerprint density at radius 2 is 2.14 bits per heavy atom. The van der Waals surface area contributed by atoms with Crippen LogP contribution < -0.4 is 0 Å². The first kappa shape index (κ1) is 18.0. The molecule has 2 N–H and O–H groups in total. The van der Waals surface area contributed by atoms with E-state index in [0.29, 0.717) is 30.2 Å². The maximum atomic E-state index is 11.0. The van der Waals surface area contributed by atoms with Crippen molar-refractivity contribution in [2.75, 3.05) is 0 Å². The number of rotatable bonds is 5. The summed E-state index contributed by atoms with van der Waals surface area (Å²) in [6.45, 7) is 2.10. The highest BCUT2D eigenvalue weighted by Gasteiger charge is 2.43. The van der Waals surface area contributed by atoms with Crippen LogP contribution in [0.4, 0.5) is 0 Å². The van der Waals surface area contributed by atoms with Gasteiger partial charge in [0.1, 0.15) is 17.6 Å². The minimum absolute atomic E-state index is 0.117. The molecule has 0 aliphatic heterocycles. The van der Waals surface area contributed by atoms with Gasteiger partial charge in [-0.15, -0.1) is 0 Å². The third kappa shape index (κ3) is 3.82. The quantitative estimate of drug-likeness (QED) is 0.663. The predicted octanol–water partition coefficient (Wildman–Crippen LogP) is 2.56. The van der Waals surface area contributed by atoms with E-state index in [4.69, 9.17) is 9.63 Å². The number of aliphatic hydroxyl groups excluding tert-OH is 1. The summed E-state index contributed by atoms with van der Waals surface area (Å²) in [6, 6.07) is 9.39. The van der Waals surface area contributed by atoms with Crippen molar-refractivity contribution in [2.24, 2.45) is 5.92 Å². The van der Waals surface area contributed by atoms with Crippen LogP contribution in [0.25, 0.3) is 0 Å². The Morgan fingerprint density at radius 1 is 1.36 bits per heavy atom. The van der Waals surface area contributed by atoms with Crippen molar-refractivity contribution in [3.8, 4) is 11.8 Å². The van der Waals surface area contributed by atoms with E-state index in [9.17, 15) is 9.90 Å². The average Bonchev–Trinajstić information content (AvgIpc) is 3.13. The van der Waals surface area contributed by atoms with E-state index in [-0.39, 0.29) is 11.8 Å². The van der Waals surface area contributed by atoms with Gasteiger partial charge in [-0.25, -0.2) is 4.98 Å². The lowest BCUT2D eigenvalue weighted by Gasteiger charge is -2.07. The molecule has 3 atom stereocenters. The molecule has 1 fully saturated rings. The van der Waals surface area contributed by atoms with Gasteiger partial charge in [-0.05, 0) is 42.9 Å². The first-order chi connectivity index (χ1) is 13.5. The van der Waals surface area contributed by atoms with Crippen LogP contribution >= 0.6 is 0 Å². The number of carboxylic acids is 1. The van der Waals surface area contributed by atoms with Crippen LogP contribution in [-0.2, 0) is 11.3 Å². The molecule has 142 valence electrons. The first-order valence-corrected chi connectivity index (χ1v) is 9.00. The van der Waals surface area contributed by atoms with Crippen LogP contribution in [-0.4, -0.2) is 30.9 Å². The summed E-state index contributed by atoms with van der Waals surface area (Å²) in [5.74, 6) is 6.11. The molecular formula is C21H19N3O4. The van der Waals surface area contributed by atoms with E-state index in [2.05, 4.69) is 22.0 Å². The van der Waals surface area contributed by atoms with Crippen molar-refractivity contribution >= 4 is 5.97 Å². The Kier molecular flexibility index (Phi) is 4.72. The Bertz CT molecular complexity index is 1050. The van der Waals surface area contributed by atoms with Crippen LogP contribution in [0.15, 0.2) is 47.2 Å². The zero-order valence-electron chi connectivity index (χ0n) is 15.2. The zero-order chi connectivity index (χ0) is 19.7. The highest BCUT2D eigenvalue weighted by atomic mass is 16.5. The average molecular weight is 377 g/mol. The van der Waals surface area contributed by atoms with Crippen LogP contribution in [0.5, 0.6) is 0 Å². The topological polar surface area (TPSA) is 101 Å². The van der Waals surface area contributed by atoms with Gasteiger partial charge >= 0.3 is 5.97 Å². The minimum Gasteiger partial charge on any atom is -0.481 e. The molecule has 7 nitrogen and oxygen atoms in total. The van der Waals surface area contributed by atoms with E-state index >= 15 is 0 Å². The summed E-state index contributed by atoms with van der Waals surface area (Å²) in [5.41, 5.74) is 2.54. The fourth-order valence-corrected chi connectivity index (χ4v) is 3.23. The number of carboxylic acid groups (broad SMARTS) is 1. The fourth-order valence-electron chi connectivity index (χ4n) is 3.23. The summed E-state index contributed by atoms with van der Waals surface area (Å²) in [6.07, 6.45) is 3.45. The monoisotopic (exact) mass is 377 g/mol. The summed E-state index contributed by atoms with van der Waals surface area (Å²) < 4.78 is 7.07. The lowest BCUT2D eigenvalue weighted by molar-refractivity contribution is -0.138. The number of hydrogen-bond acceptors (Lipinski definition) is 5. The smallest absolute Gasteiger partial charge is 0.307 e. The number of hydrogen-bond donors (Lipinski definition) is 2. The molecular weight excluding hydrogens is 358 g/mol. The lowest BCUT2D eigenvalue weighted by Crippen LogP contribution is -2.07. The summed E-state index contributed by atoms with van der Waals surface area (Å²) in [7, 11) is 0. The van der Waals surface area contributed by atoms with E-state index in [1.807, 2.05) is 24.3 Å². The van der Waals surface area contributed by atoms with Gasteiger partial charge in [-0.1, -0.05) is 23.2 Å². The molecule has 3 aromatic rings. The lowest BCUT2D eigenvalue weighted by atomic mass is 10.1. The van der Waals surface area contributed by atoms with Crippen LogP contribution in [0.1, 0.15) is 53.8 Å². The van der Waals surface area contributed by atoms with Gasteiger partial charge in [0.2, 0.25) is 5.76 Å². The predicted molar refractivity (Wildman–Crippen MR) is 99.4 cm³/mol. The molecule has 1 aliphatic carbocycles. The van der Waals surface area contributed by atoms with Gasteiger partial charge in [0.05, 0.1) is 12.5 Å². The molecule has 28 heavy (non-hydrogen) atoms. The molecule has 4 rings (SSSR count). The number of imidazole rings is 1. The summed E-state index contributed by atoms with van der Waals surface area (Å²) >= 11 is 0. The van der Waals surface area contributed by atoms with Crippen LogP contribution in [0, 0.1) is 17.8 Å². The Hall–Kier alpha value is -3.37. The van der Waals surface area contributed by atoms with Gasteiger partial charge in [-0.3, -0.25) is 4.79 Å². The number of aliphatic carboxylic acids is 1. The molecule has 1 aliphatic rings. The standard InChI is InChI=1S/C21H19N3O4/c1-13(25)20-22-8-9-24(20)12-16-10-17(28-23-16)7-4-14-2-5-15(6-3-14)18-11-19(18)21(26)27/h2-3,5-6,8-10,13,18-19,25H,11-12H2,1H3,(H,26,27)/t13-,18?,19?/m0/s1. The third-order valence-corrected chi connectivity index (χ3v) is 4.79. The van der Waals surface area contributed by atoms with Crippen LogP contribution in [0.2, 0.25) is 0 Å². The van der Waals surface area contributed by atoms with E-state index in [0.717, 1.165) is 11.1 Å². The third-order valence-electron chi connectivity index (χ3n) is 4.79. The largest absolute Gasteiger partial charge is 0.481 e. The first-order valence-electron chi connectivity index (χ1n) is 9.00. The second-order valence-corrected chi connectivity index (χ2v) is 6.93. The van der Waals surface area contributed by atoms with Crippen molar-refractivity contribution in [3.63, 3.8) is 0 Å². The van der Waals surface area contributed by atoms with Crippen molar-refractivity contribution in [1.29, 1.82) is 0 Å². The molecule has 0 amide bonds. The normalized spacial score (nSPS) is 18.9. The molecule has 1 saturated carbocycles. The van der Waals surface area contributed by atoms with Gasteiger partial charge in [0, 0.05) is 24.0 Å². The second-order valence-electron chi connectivity index (χ2n) is 6.93. The van der Waals surface area contributed by atoms with Crippen molar-refractivity contribution in [3.05, 3.63) is 71.1 Å². The van der Waals surface area contributed by atoms with Crippen LogP contribution in [0.3, 0.4) is 0 Å². The highest BCUT2D eigenvalue weighted by Crippen LogP contribution is 2.47. The fraction of sp³-hybridized carbons (Fsp3) is 0.286. The Balaban J connectivity index is 1.41. The molecule has 0 radical (unpaired) electrons. The van der Waals surface area contributed by atoms with E-state index < -0.39 is 12.1 Å². The maximum absolute atomic E-state index is 11.0. The number of nitrogens with zero attached hydrogens (tertiary/aromatic N) is 3. The minimum atomic E-state index is -0.730. The Labute approximate surface area is 161 Å². The SMILES string of the molecule is C[C@H](O)c1nccn1Cc1cc(C#Cc2ccc(C3CC3C(=O)O)cc2)on1. The van der Waals surface area contributed by atoms with Gasteiger partial charge in [-0.2, -0.15) is 0 Å². The van der Waals surface area contributed by atoms with E-state index in [1.165, 1.54) is 0 Å². The Morgan fingerprint density at radius 3 is 2.82 bits per heavy atom. The summed E-state index contributed by atoms with van der Waals surface area (Å²) in [4.78, 5) is 15.1. The molecule has 2 heterocycles. The van der Waals surface area contributed by atoms with Gasteiger partial charge in [0.15, 0.2) is 0 Å². The van der Waals surface area contributed by atoms with Crippen molar-refractivity contribution in [2.45, 2.75) is 31.9 Å². The molecule has 2 aromatic heterocycles. The molecule has 2 unspecified atom stereocenters. The molecule has 7 heteroatoms. The summed E-state index contributed by atoms with van der Waals surface area (Å²) in [5, 5.41) is 22.7. The highest BCUT2D eigenvalue weighted by molar-refractivity contribution is 5.75. The molecule has 0 saturated heterocycles. The van der Waals surface area contributed by atoms with Gasteiger partial charge < -0.3 is 19.3 Å². The van der Waals surface area contributed by atoms with E-state index in [1.54, 1.807) is 30.0 Å². The van der Waals surface area contributed by atoms with Gasteiger partial charge in [0.25, 0.3) is 0 Å². The number of aliphatic hydroxyl groups is 1. The number of aromatic nitrogens is 3. The molecule has 0 bridgehead atoms. The molecule has 1 aromatic carbocycles. The zero-order valence-corrected chi connectivity index (χ0v) is 15.2. The van der Waals surface area contributed by atoms with Crippen molar-refractivity contribution < 1.29 is 19.5 Å².